The first-order valence-corrected chi connectivity index (χ1v) is 7.20. The number of aromatic nitrogens is 1. The predicted molar refractivity (Wildman–Crippen MR) is 80.0 cm³/mol. The molecule has 1 amide bonds. The van der Waals surface area contributed by atoms with E-state index in [1.807, 2.05) is 32.9 Å². The Morgan fingerprint density at radius 3 is 2.81 bits per heavy atom. The number of carbonyl (C=O) groups excluding carboxylic acids is 1. The third-order valence-corrected chi connectivity index (χ3v) is 3.30. The van der Waals surface area contributed by atoms with Gasteiger partial charge in [-0.25, -0.2) is 9.78 Å². The number of aliphatic hydroxyl groups is 1. The minimum Gasteiger partial charge on any atom is -0.444 e. The normalized spacial score (nSPS) is 21.5. The summed E-state index contributed by atoms with van der Waals surface area (Å²) in [6.07, 6.45) is 2.63. The van der Waals surface area contributed by atoms with Gasteiger partial charge in [0.05, 0.1) is 6.10 Å². The van der Waals surface area contributed by atoms with Crippen LogP contribution in [0.4, 0.5) is 10.6 Å². The van der Waals surface area contributed by atoms with Crippen molar-refractivity contribution in [3.63, 3.8) is 0 Å². The van der Waals surface area contributed by atoms with Gasteiger partial charge in [-0.3, -0.25) is 5.32 Å². The zero-order valence-electron chi connectivity index (χ0n) is 12.7. The van der Waals surface area contributed by atoms with Gasteiger partial charge >= 0.3 is 6.09 Å². The molecule has 1 aromatic rings. The minimum absolute atomic E-state index is 0.125. The van der Waals surface area contributed by atoms with Gasteiger partial charge < -0.3 is 15.2 Å². The zero-order chi connectivity index (χ0) is 15.5. The standard InChI is InChI=1S/C15H23N3O3/c1-15(2,3)21-14(20)18-13-10(5-4-8-16-13)9-17-11-6-7-12(11)19/h4-5,8,11-12,17,19H,6-7,9H2,1-3H3,(H,16,18,20)/t11-,12+/m1/s1. The monoisotopic (exact) mass is 293 g/mol. The Hall–Kier alpha value is -1.66. The van der Waals surface area contributed by atoms with Gasteiger partial charge in [0, 0.05) is 24.3 Å². The SMILES string of the molecule is CC(C)(C)OC(=O)Nc1ncccc1CN[C@@H]1CC[C@@H]1O. The molecule has 1 aromatic heterocycles. The lowest BCUT2D eigenvalue weighted by molar-refractivity contribution is 0.0492. The highest BCUT2D eigenvalue weighted by Crippen LogP contribution is 2.21. The van der Waals surface area contributed by atoms with Crippen molar-refractivity contribution < 1.29 is 14.6 Å². The molecule has 0 bridgehead atoms. The molecule has 6 heteroatoms. The number of anilines is 1. The van der Waals surface area contributed by atoms with E-state index in [2.05, 4.69) is 15.6 Å². The number of nitrogens with zero attached hydrogens (tertiary/aromatic N) is 1. The number of rotatable bonds is 4. The minimum atomic E-state index is -0.548. The van der Waals surface area contributed by atoms with Crippen LogP contribution in [0.15, 0.2) is 18.3 Å². The molecule has 0 unspecified atom stereocenters. The number of pyridine rings is 1. The van der Waals surface area contributed by atoms with Crippen LogP contribution in [0.2, 0.25) is 0 Å². The highest BCUT2D eigenvalue weighted by molar-refractivity contribution is 5.84. The highest BCUT2D eigenvalue weighted by Gasteiger charge is 2.28. The molecule has 0 aromatic carbocycles. The lowest BCUT2D eigenvalue weighted by atomic mass is 9.89. The summed E-state index contributed by atoms with van der Waals surface area (Å²) in [5, 5.41) is 15.5. The second kappa shape index (κ2) is 6.41. The summed E-state index contributed by atoms with van der Waals surface area (Å²) in [6.45, 7) is 5.98. The first kappa shape index (κ1) is 15.7. The van der Waals surface area contributed by atoms with Gasteiger partial charge in [-0.2, -0.15) is 0 Å². The van der Waals surface area contributed by atoms with Gasteiger partial charge in [0.2, 0.25) is 0 Å². The number of amides is 1. The topological polar surface area (TPSA) is 83.5 Å². The molecule has 2 rings (SSSR count). The highest BCUT2D eigenvalue weighted by atomic mass is 16.6. The average molecular weight is 293 g/mol. The summed E-state index contributed by atoms with van der Waals surface area (Å²) >= 11 is 0. The first-order valence-electron chi connectivity index (χ1n) is 7.20. The summed E-state index contributed by atoms with van der Waals surface area (Å²) in [5.74, 6) is 0.480. The van der Waals surface area contributed by atoms with Crippen LogP contribution in [-0.4, -0.2) is 33.9 Å². The molecule has 0 radical (unpaired) electrons. The van der Waals surface area contributed by atoms with E-state index in [0.29, 0.717) is 12.4 Å². The molecule has 1 aliphatic rings. The molecule has 1 saturated carbocycles. The third-order valence-electron chi connectivity index (χ3n) is 3.30. The van der Waals surface area contributed by atoms with Crippen molar-refractivity contribution in [1.82, 2.24) is 10.3 Å². The van der Waals surface area contributed by atoms with Crippen LogP contribution in [-0.2, 0) is 11.3 Å². The van der Waals surface area contributed by atoms with Crippen molar-refractivity contribution in [1.29, 1.82) is 0 Å². The van der Waals surface area contributed by atoms with E-state index in [-0.39, 0.29) is 12.1 Å². The van der Waals surface area contributed by atoms with Crippen molar-refractivity contribution in [2.75, 3.05) is 5.32 Å². The number of nitrogens with one attached hydrogen (secondary N) is 2. The molecular formula is C15H23N3O3. The lowest BCUT2D eigenvalue weighted by Gasteiger charge is -2.33. The maximum atomic E-state index is 11.8. The largest absolute Gasteiger partial charge is 0.444 e. The summed E-state index contributed by atoms with van der Waals surface area (Å²) < 4.78 is 5.22. The molecule has 0 saturated heterocycles. The van der Waals surface area contributed by atoms with Crippen LogP contribution < -0.4 is 10.6 Å². The Morgan fingerprint density at radius 2 is 2.24 bits per heavy atom. The van der Waals surface area contributed by atoms with Crippen molar-refractivity contribution in [3.05, 3.63) is 23.9 Å². The fourth-order valence-electron chi connectivity index (χ4n) is 2.06. The quantitative estimate of drug-likeness (QED) is 0.791. The van der Waals surface area contributed by atoms with E-state index >= 15 is 0 Å². The molecule has 21 heavy (non-hydrogen) atoms. The van der Waals surface area contributed by atoms with E-state index in [4.69, 9.17) is 4.74 Å². The Balaban J connectivity index is 1.94. The number of hydrogen-bond acceptors (Lipinski definition) is 5. The van der Waals surface area contributed by atoms with E-state index in [1.54, 1.807) is 6.20 Å². The second-order valence-corrected chi connectivity index (χ2v) is 6.27. The average Bonchev–Trinajstić information content (AvgIpc) is 2.37. The Bertz CT molecular complexity index is 499. The molecule has 116 valence electrons. The number of carbonyl (C=O) groups is 1. The van der Waals surface area contributed by atoms with Crippen molar-refractivity contribution >= 4 is 11.9 Å². The van der Waals surface area contributed by atoms with Crippen LogP contribution in [0.25, 0.3) is 0 Å². The van der Waals surface area contributed by atoms with Crippen molar-refractivity contribution in [2.45, 2.75) is 57.9 Å². The van der Waals surface area contributed by atoms with Gasteiger partial charge in [-0.05, 0) is 39.7 Å². The predicted octanol–water partition coefficient (Wildman–Crippen LogP) is 2.04. The molecule has 1 heterocycles. The van der Waals surface area contributed by atoms with Crippen LogP contribution in [0.3, 0.4) is 0 Å². The van der Waals surface area contributed by atoms with E-state index in [0.717, 1.165) is 18.4 Å². The smallest absolute Gasteiger partial charge is 0.413 e. The lowest BCUT2D eigenvalue weighted by Crippen LogP contribution is -2.47. The Labute approximate surface area is 124 Å². The number of aliphatic hydroxyl groups excluding tert-OH is 1. The summed E-state index contributed by atoms with van der Waals surface area (Å²) in [7, 11) is 0. The Morgan fingerprint density at radius 1 is 1.48 bits per heavy atom. The second-order valence-electron chi connectivity index (χ2n) is 6.27. The van der Waals surface area contributed by atoms with Gasteiger partial charge in [0.25, 0.3) is 0 Å². The summed E-state index contributed by atoms with van der Waals surface area (Å²) in [6, 6.07) is 3.83. The Kier molecular flexibility index (Phi) is 4.80. The maximum Gasteiger partial charge on any atom is 0.413 e. The van der Waals surface area contributed by atoms with Crippen LogP contribution in [0.1, 0.15) is 39.2 Å². The summed E-state index contributed by atoms with van der Waals surface area (Å²) in [4.78, 5) is 16.0. The molecule has 3 N–H and O–H groups in total. The van der Waals surface area contributed by atoms with Gasteiger partial charge in [0.15, 0.2) is 0 Å². The summed E-state index contributed by atoms with van der Waals surface area (Å²) in [5.41, 5.74) is 0.315. The number of ether oxygens (including phenoxy) is 1. The van der Waals surface area contributed by atoms with Crippen LogP contribution in [0.5, 0.6) is 0 Å². The van der Waals surface area contributed by atoms with Crippen LogP contribution in [0, 0.1) is 0 Å². The van der Waals surface area contributed by atoms with Gasteiger partial charge in [0.1, 0.15) is 11.4 Å². The fourth-order valence-corrected chi connectivity index (χ4v) is 2.06. The molecular weight excluding hydrogens is 270 g/mol. The van der Waals surface area contributed by atoms with Crippen molar-refractivity contribution in [2.24, 2.45) is 0 Å². The van der Waals surface area contributed by atoms with E-state index in [1.165, 1.54) is 0 Å². The zero-order valence-corrected chi connectivity index (χ0v) is 12.7. The van der Waals surface area contributed by atoms with Gasteiger partial charge in [-0.1, -0.05) is 6.07 Å². The van der Waals surface area contributed by atoms with Gasteiger partial charge in [-0.15, -0.1) is 0 Å². The molecule has 6 nitrogen and oxygen atoms in total. The molecule has 0 aliphatic heterocycles. The third kappa shape index (κ3) is 4.68. The number of hydrogen-bond donors (Lipinski definition) is 3. The van der Waals surface area contributed by atoms with Crippen LogP contribution >= 0.6 is 0 Å². The molecule has 1 fully saturated rings. The molecule has 2 atom stereocenters. The molecule has 0 spiro atoms. The van der Waals surface area contributed by atoms with E-state index in [9.17, 15) is 9.90 Å². The molecule has 1 aliphatic carbocycles. The maximum absolute atomic E-state index is 11.8. The fraction of sp³-hybridized carbons (Fsp3) is 0.600. The van der Waals surface area contributed by atoms with E-state index < -0.39 is 11.7 Å². The van der Waals surface area contributed by atoms with Crippen molar-refractivity contribution in [3.8, 4) is 0 Å². The first-order chi connectivity index (χ1) is 9.85.